The number of aromatic nitrogens is 3. The second kappa shape index (κ2) is 11.1. The lowest BCUT2D eigenvalue weighted by molar-refractivity contribution is 0.878. The van der Waals surface area contributed by atoms with Gasteiger partial charge in [-0.05, 0) is 84.4 Å². The lowest BCUT2D eigenvalue weighted by Gasteiger charge is -2.29. The van der Waals surface area contributed by atoms with Crippen LogP contribution in [0.2, 0.25) is 0 Å². The molecular formula is C46H29N3. The predicted octanol–water partition coefficient (Wildman–Crippen LogP) is 11.3. The van der Waals surface area contributed by atoms with Gasteiger partial charge in [-0.2, -0.15) is 0 Å². The first-order valence-electron chi connectivity index (χ1n) is 16.7. The fourth-order valence-corrected chi connectivity index (χ4v) is 7.55. The Bertz CT molecular complexity index is 2720. The van der Waals surface area contributed by atoms with Crippen LogP contribution in [0.15, 0.2) is 187 Å². The molecule has 0 bridgehead atoms. The van der Waals surface area contributed by atoms with Crippen molar-refractivity contribution in [3.8, 4) is 33.9 Å². The van der Waals surface area contributed by atoms with Crippen LogP contribution in [0.25, 0.3) is 71.8 Å². The third kappa shape index (κ3) is 4.70. The number of benzene rings is 6. The minimum Gasteiger partial charge on any atom is -0.208 e. The molecule has 3 nitrogen and oxygen atoms in total. The van der Waals surface area contributed by atoms with Gasteiger partial charge in [-0.25, -0.2) is 15.0 Å². The highest BCUT2D eigenvalue weighted by molar-refractivity contribution is 6.05. The van der Waals surface area contributed by atoms with E-state index >= 15 is 0 Å². The van der Waals surface area contributed by atoms with E-state index in [-0.39, 0.29) is 5.92 Å². The van der Waals surface area contributed by atoms with Crippen LogP contribution in [0.5, 0.6) is 0 Å². The third-order valence-electron chi connectivity index (χ3n) is 9.92. The maximum atomic E-state index is 5.23. The molecule has 0 amide bonds. The van der Waals surface area contributed by atoms with E-state index in [1.807, 2.05) is 0 Å². The zero-order valence-electron chi connectivity index (χ0n) is 26.6. The van der Waals surface area contributed by atoms with Crippen LogP contribution in [0.3, 0.4) is 0 Å². The molecule has 1 aromatic heterocycles. The second-order valence-corrected chi connectivity index (χ2v) is 12.9. The minimum atomic E-state index is 0.256. The van der Waals surface area contributed by atoms with Gasteiger partial charge in [0, 0.05) is 22.6 Å². The molecule has 7 aromatic rings. The zero-order valence-corrected chi connectivity index (χ0v) is 26.6. The van der Waals surface area contributed by atoms with Crippen LogP contribution >= 0.6 is 0 Å². The van der Waals surface area contributed by atoms with Crippen LogP contribution in [-0.4, -0.2) is 15.0 Å². The Kier molecular flexibility index (Phi) is 6.25. The molecule has 0 fully saturated rings. The molecule has 0 saturated carbocycles. The summed E-state index contributed by atoms with van der Waals surface area (Å²) in [5.74, 6) is 2.24. The number of nitrogens with zero attached hydrogens (tertiary/aromatic N) is 3. The van der Waals surface area contributed by atoms with E-state index in [9.17, 15) is 0 Å². The Morgan fingerprint density at radius 2 is 1.00 bits per heavy atom. The zero-order chi connectivity index (χ0) is 32.3. The molecule has 0 radical (unpaired) electrons. The Morgan fingerprint density at radius 3 is 1.78 bits per heavy atom. The fourth-order valence-electron chi connectivity index (χ4n) is 7.55. The van der Waals surface area contributed by atoms with E-state index in [1.54, 1.807) is 0 Å². The highest BCUT2D eigenvalue weighted by Crippen LogP contribution is 2.42. The van der Waals surface area contributed by atoms with Crippen LogP contribution in [0.4, 0.5) is 0 Å². The van der Waals surface area contributed by atoms with Gasteiger partial charge in [0.2, 0.25) is 0 Å². The van der Waals surface area contributed by atoms with Gasteiger partial charge in [0.25, 0.3) is 0 Å². The third-order valence-corrected chi connectivity index (χ3v) is 9.92. The van der Waals surface area contributed by atoms with E-state index in [0.29, 0.717) is 17.5 Å². The molecule has 1 atom stereocenters. The van der Waals surface area contributed by atoms with Crippen LogP contribution in [0.1, 0.15) is 5.82 Å². The molecule has 49 heavy (non-hydrogen) atoms. The summed E-state index contributed by atoms with van der Waals surface area (Å²) in [6, 6.07) is 43.0. The minimum absolute atomic E-state index is 0.256. The van der Waals surface area contributed by atoms with Gasteiger partial charge in [-0.15, -0.1) is 0 Å². The van der Waals surface area contributed by atoms with Gasteiger partial charge in [0.1, 0.15) is 0 Å². The first-order valence-corrected chi connectivity index (χ1v) is 16.7. The molecule has 3 heteroatoms. The first kappa shape index (κ1) is 27.6. The molecule has 0 spiro atoms. The smallest absolute Gasteiger partial charge is 0.164 e. The van der Waals surface area contributed by atoms with E-state index in [4.69, 9.17) is 15.0 Å². The van der Waals surface area contributed by atoms with E-state index < -0.39 is 0 Å². The Morgan fingerprint density at radius 1 is 0.408 bits per heavy atom. The van der Waals surface area contributed by atoms with Crippen molar-refractivity contribution < 1.29 is 0 Å². The molecule has 10 rings (SSSR count). The number of allylic oxidation sites excluding steroid dienone is 12. The van der Waals surface area contributed by atoms with Crippen LogP contribution < -0.4 is 0 Å². The van der Waals surface area contributed by atoms with Crippen molar-refractivity contribution in [2.75, 3.05) is 0 Å². The molecule has 1 heterocycles. The Balaban J connectivity index is 1.17. The van der Waals surface area contributed by atoms with Gasteiger partial charge >= 0.3 is 0 Å². The molecule has 0 saturated heterocycles. The largest absolute Gasteiger partial charge is 0.208 e. The van der Waals surface area contributed by atoms with Gasteiger partial charge in [-0.1, -0.05) is 146 Å². The van der Waals surface area contributed by atoms with Crippen molar-refractivity contribution in [2.45, 2.75) is 0 Å². The molecule has 6 aromatic carbocycles. The van der Waals surface area contributed by atoms with Gasteiger partial charge in [-0.3, -0.25) is 0 Å². The normalized spacial score (nSPS) is 16.3. The summed E-state index contributed by atoms with van der Waals surface area (Å²) in [6.45, 7) is 0. The lowest BCUT2D eigenvalue weighted by Crippen LogP contribution is -2.16. The van der Waals surface area contributed by atoms with Crippen molar-refractivity contribution in [1.82, 2.24) is 15.0 Å². The second-order valence-electron chi connectivity index (χ2n) is 12.9. The average Bonchev–Trinajstić information content (AvgIpc) is 3.17. The van der Waals surface area contributed by atoms with E-state index in [2.05, 4.69) is 170 Å². The number of hydrogen-bond donors (Lipinski definition) is 0. The predicted molar refractivity (Wildman–Crippen MR) is 203 cm³/mol. The summed E-state index contributed by atoms with van der Waals surface area (Å²) in [7, 11) is 0. The van der Waals surface area contributed by atoms with Crippen LogP contribution in [0, 0.1) is 5.92 Å². The summed E-state index contributed by atoms with van der Waals surface area (Å²) in [5.41, 5.74) is 9.13. The van der Waals surface area contributed by atoms with E-state index in [1.165, 1.54) is 44.0 Å². The summed E-state index contributed by atoms with van der Waals surface area (Å²) in [6.07, 6.45) is 17.6. The fraction of sp³-hybridized carbons (Fsp3) is 0.0217. The SMILES string of the molecule is C1=CC2=CC=CC3=CC(c4nc(-c5ccc6ccccc6c5)nc(-c5cccc6c(-c7ccc8ccccc8c7)cccc56)n4)=CC(=C1)C23. The molecule has 3 aliphatic carbocycles. The van der Waals surface area contributed by atoms with E-state index in [0.717, 1.165) is 32.9 Å². The molecule has 0 aliphatic heterocycles. The molecular weight excluding hydrogens is 595 g/mol. The van der Waals surface area contributed by atoms with Crippen molar-refractivity contribution in [2.24, 2.45) is 5.92 Å². The summed E-state index contributed by atoms with van der Waals surface area (Å²) >= 11 is 0. The molecule has 1 unspecified atom stereocenters. The molecule has 228 valence electrons. The maximum Gasteiger partial charge on any atom is 0.164 e. The highest BCUT2D eigenvalue weighted by atomic mass is 15.0. The van der Waals surface area contributed by atoms with Crippen molar-refractivity contribution in [1.29, 1.82) is 0 Å². The number of rotatable bonds is 4. The van der Waals surface area contributed by atoms with Crippen molar-refractivity contribution in [3.05, 3.63) is 192 Å². The standard InChI is InChI=1S/C46H29N3/c1-3-11-32-25-34(23-21-29(32)9-1)39-17-7-19-41-40(39)18-8-20-42(41)46-48-44(37-24-22-30-10-2-4-12-33(30)26-37)47-45(49-46)38-27-35-15-5-13-31-14-6-16-36(28-38)43(31)35/h1-28,43H. The van der Waals surface area contributed by atoms with Crippen molar-refractivity contribution >= 4 is 37.9 Å². The average molecular weight is 624 g/mol. The highest BCUT2D eigenvalue weighted by Gasteiger charge is 2.28. The van der Waals surface area contributed by atoms with Crippen molar-refractivity contribution in [3.63, 3.8) is 0 Å². The van der Waals surface area contributed by atoms with Gasteiger partial charge in [0.05, 0.1) is 0 Å². The number of fused-ring (bicyclic) bond motifs is 3. The first-order chi connectivity index (χ1) is 24.2. The molecule has 3 aliphatic rings. The number of hydrogen-bond acceptors (Lipinski definition) is 3. The summed E-state index contributed by atoms with van der Waals surface area (Å²) in [4.78, 5) is 15.6. The van der Waals surface area contributed by atoms with Crippen LogP contribution in [-0.2, 0) is 0 Å². The molecule has 0 N–H and O–H groups in total. The topological polar surface area (TPSA) is 38.7 Å². The maximum absolute atomic E-state index is 5.23. The summed E-state index contributed by atoms with van der Waals surface area (Å²) < 4.78 is 0. The quantitative estimate of drug-likeness (QED) is 0.196. The Hall–Kier alpha value is -6.45. The monoisotopic (exact) mass is 623 g/mol. The van der Waals surface area contributed by atoms with Gasteiger partial charge < -0.3 is 0 Å². The van der Waals surface area contributed by atoms with Gasteiger partial charge in [0.15, 0.2) is 17.5 Å². The Labute approximate surface area is 284 Å². The summed E-state index contributed by atoms with van der Waals surface area (Å²) in [5, 5.41) is 7.08. The lowest BCUT2D eigenvalue weighted by atomic mass is 9.75.